The number of quaternary nitrogens is 1. The molecule has 5 nitrogen and oxygen atoms in total. The van der Waals surface area contributed by atoms with Crippen molar-refractivity contribution in [1.29, 1.82) is 0 Å². The molecule has 0 aliphatic rings. The van der Waals surface area contributed by atoms with Crippen molar-refractivity contribution in [1.82, 2.24) is 0 Å². The van der Waals surface area contributed by atoms with Gasteiger partial charge in [0.25, 0.3) is 0 Å². The molecule has 0 aliphatic carbocycles. The van der Waals surface area contributed by atoms with E-state index in [0.717, 1.165) is 0 Å². The quantitative estimate of drug-likeness (QED) is 0.628. The number of rotatable bonds is 6. The first-order chi connectivity index (χ1) is 8.26. The van der Waals surface area contributed by atoms with Gasteiger partial charge in [-0.25, -0.2) is 0 Å². The highest BCUT2D eigenvalue weighted by Gasteiger charge is 2.33. The number of benzene rings is 1. The largest absolute Gasteiger partial charge is 0.361 e. The van der Waals surface area contributed by atoms with Crippen molar-refractivity contribution < 1.29 is 18.4 Å². The first-order valence-electron chi connectivity index (χ1n) is 5.66. The van der Waals surface area contributed by atoms with Crippen LogP contribution >= 0.6 is 7.37 Å². The van der Waals surface area contributed by atoms with Gasteiger partial charge in [0.2, 0.25) is 0 Å². The predicted molar refractivity (Wildman–Crippen MR) is 72.1 cm³/mol. The third kappa shape index (κ3) is 3.95. The van der Waals surface area contributed by atoms with Crippen LogP contribution < -0.4 is 11.0 Å². The Morgan fingerprint density at radius 2 is 1.83 bits per heavy atom. The molecule has 0 saturated carbocycles. The Morgan fingerprint density at radius 3 is 2.28 bits per heavy atom. The Labute approximate surface area is 108 Å². The molecule has 0 heterocycles. The second kappa shape index (κ2) is 5.65. The maximum atomic E-state index is 12.5. The number of amides is 1. The molecule has 0 aliphatic heterocycles. The van der Waals surface area contributed by atoms with E-state index in [1.165, 1.54) is 0 Å². The van der Waals surface area contributed by atoms with Crippen molar-refractivity contribution in [2.45, 2.75) is 0 Å². The zero-order valence-corrected chi connectivity index (χ0v) is 11.9. The fourth-order valence-electron chi connectivity index (χ4n) is 1.33. The first kappa shape index (κ1) is 14.9. The molecule has 1 unspecified atom stereocenters. The topological polar surface area (TPSA) is 69.4 Å². The van der Waals surface area contributed by atoms with Gasteiger partial charge in [0.1, 0.15) is 13.2 Å². The fraction of sp³-hybridized carbons (Fsp3) is 0.417. The van der Waals surface area contributed by atoms with Crippen LogP contribution in [0.5, 0.6) is 0 Å². The van der Waals surface area contributed by atoms with E-state index in [9.17, 15) is 9.36 Å². The number of likely N-dealkylation sites (N-methyl/N-ethyl adjacent to an activating group) is 1. The molecule has 0 saturated heterocycles. The van der Waals surface area contributed by atoms with Gasteiger partial charge in [-0.3, -0.25) is 9.36 Å². The molecule has 1 atom stereocenters. The number of carbonyl (C=O) groups excluding carboxylic acids is 1. The van der Waals surface area contributed by atoms with Gasteiger partial charge in [-0.15, -0.1) is 0 Å². The van der Waals surface area contributed by atoms with Gasteiger partial charge in [0.05, 0.1) is 21.1 Å². The van der Waals surface area contributed by atoms with Crippen molar-refractivity contribution in [2.24, 2.45) is 5.73 Å². The van der Waals surface area contributed by atoms with Crippen molar-refractivity contribution in [2.75, 3.05) is 34.3 Å². The summed E-state index contributed by atoms with van der Waals surface area (Å²) in [6.07, 6.45) is 0. The van der Waals surface area contributed by atoms with Crippen LogP contribution in [0.15, 0.2) is 30.3 Å². The third-order valence-electron chi connectivity index (χ3n) is 2.42. The third-order valence-corrected chi connectivity index (χ3v) is 4.53. The van der Waals surface area contributed by atoms with E-state index in [0.29, 0.717) is 16.3 Å². The van der Waals surface area contributed by atoms with Gasteiger partial charge in [0, 0.05) is 5.30 Å². The summed E-state index contributed by atoms with van der Waals surface area (Å²) in [5, 5.41) is 0.346. The van der Waals surface area contributed by atoms with E-state index in [2.05, 4.69) is 0 Å². The highest BCUT2D eigenvalue weighted by atomic mass is 31.2. The summed E-state index contributed by atoms with van der Waals surface area (Å²) in [6, 6.07) is 8.37. The molecule has 1 rings (SSSR count). The minimum Gasteiger partial charge on any atom is -0.361 e. The van der Waals surface area contributed by atoms with Crippen LogP contribution in [0.4, 0.5) is 4.79 Å². The lowest BCUT2D eigenvalue weighted by molar-refractivity contribution is -0.870. The molecular formula is C12H20N2O3P+. The lowest BCUT2D eigenvalue weighted by atomic mass is 10.4. The summed E-state index contributed by atoms with van der Waals surface area (Å²) < 4.78 is 18.5. The van der Waals surface area contributed by atoms with E-state index in [4.69, 9.17) is 10.3 Å². The second-order valence-electron chi connectivity index (χ2n) is 5.07. The lowest BCUT2D eigenvalue weighted by Crippen LogP contribution is -2.38. The highest BCUT2D eigenvalue weighted by molar-refractivity contribution is 7.82. The van der Waals surface area contributed by atoms with Crippen molar-refractivity contribution >= 4 is 18.3 Å². The molecule has 100 valence electrons. The predicted octanol–water partition coefficient (Wildman–Crippen LogP) is 1.39. The maximum absolute atomic E-state index is 12.5. The van der Waals surface area contributed by atoms with Gasteiger partial charge < -0.3 is 14.7 Å². The number of carbonyl (C=O) groups is 1. The Balaban J connectivity index is 2.84. The van der Waals surface area contributed by atoms with E-state index < -0.39 is 13.0 Å². The number of nitrogens with two attached hydrogens (primary N) is 1. The van der Waals surface area contributed by atoms with Gasteiger partial charge >= 0.3 is 13.0 Å². The minimum absolute atomic E-state index is 0.221. The maximum Gasteiger partial charge on any atom is 0.317 e. The van der Waals surface area contributed by atoms with Crippen LogP contribution in [0, 0.1) is 0 Å². The number of hydrogen-bond acceptors (Lipinski definition) is 3. The molecule has 0 radical (unpaired) electrons. The van der Waals surface area contributed by atoms with Gasteiger partial charge in [-0.2, -0.15) is 0 Å². The summed E-state index contributed by atoms with van der Waals surface area (Å²) >= 11 is 0. The number of primary amides is 1. The average Bonchev–Trinajstić information content (AvgIpc) is 2.28. The van der Waals surface area contributed by atoms with Crippen LogP contribution in [-0.4, -0.2) is 44.4 Å². The SMILES string of the molecule is C[N+](C)(C)CCOP(=O)(C(N)=O)c1ccccc1. The van der Waals surface area contributed by atoms with E-state index in [-0.39, 0.29) is 6.61 Å². The summed E-state index contributed by atoms with van der Waals surface area (Å²) in [5.74, 6) is 0. The molecule has 18 heavy (non-hydrogen) atoms. The summed E-state index contributed by atoms with van der Waals surface area (Å²) in [4.78, 5) is 11.4. The summed E-state index contributed by atoms with van der Waals surface area (Å²) in [6.45, 7) is 0.864. The van der Waals surface area contributed by atoms with Crippen molar-refractivity contribution in [3.8, 4) is 0 Å². The molecule has 0 aromatic heterocycles. The van der Waals surface area contributed by atoms with E-state index >= 15 is 0 Å². The Kier molecular flexibility index (Phi) is 4.68. The van der Waals surface area contributed by atoms with E-state index in [1.807, 2.05) is 21.1 Å². The zero-order chi connectivity index (χ0) is 13.8. The minimum atomic E-state index is -3.60. The molecule has 1 amide bonds. The van der Waals surface area contributed by atoms with Crippen LogP contribution in [0.25, 0.3) is 0 Å². The summed E-state index contributed by atoms with van der Waals surface area (Å²) in [5.41, 5.74) is 4.31. The van der Waals surface area contributed by atoms with Crippen LogP contribution in [0.1, 0.15) is 0 Å². The molecular weight excluding hydrogens is 251 g/mol. The number of hydrogen-bond donors (Lipinski definition) is 1. The second-order valence-corrected chi connectivity index (χ2v) is 7.39. The Bertz CT molecular complexity index is 454. The van der Waals surface area contributed by atoms with Crippen LogP contribution in [0.2, 0.25) is 0 Å². The Hall–Kier alpha value is -1.16. The van der Waals surface area contributed by atoms with Crippen LogP contribution in [0.3, 0.4) is 0 Å². The van der Waals surface area contributed by atoms with Gasteiger partial charge in [-0.05, 0) is 12.1 Å². The molecule has 2 N–H and O–H groups in total. The molecule has 1 aromatic rings. The molecule has 0 spiro atoms. The zero-order valence-electron chi connectivity index (χ0n) is 11.0. The first-order valence-corrected chi connectivity index (χ1v) is 7.29. The van der Waals surface area contributed by atoms with E-state index in [1.54, 1.807) is 30.3 Å². The van der Waals surface area contributed by atoms with Crippen LogP contribution in [-0.2, 0) is 9.09 Å². The van der Waals surface area contributed by atoms with Gasteiger partial charge in [-0.1, -0.05) is 18.2 Å². The van der Waals surface area contributed by atoms with Crippen molar-refractivity contribution in [3.05, 3.63) is 30.3 Å². The summed E-state index contributed by atoms with van der Waals surface area (Å²) in [7, 11) is 2.36. The molecule has 0 fully saturated rings. The van der Waals surface area contributed by atoms with Gasteiger partial charge in [0.15, 0.2) is 0 Å². The fourth-order valence-corrected chi connectivity index (χ4v) is 2.77. The Morgan fingerprint density at radius 1 is 1.28 bits per heavy atom. The number of nitrogens with zero attached hydrogens (tertiary/aromatic N) is 1. The highest BCUT2D eigenvalue weighted by Crippen LogP contribution is 2.45. The standard InChI is InChI=1S/C12H19N2O3P/c1-14(2,3)9-10-17-18(16,12(13)15)11-7-5-4-6-8-11/h4-8H,9-10H2,1-3H3,(H-,13,15)/p+1. The molecule has 1 aromatic carbocycles. The lowest BCUT2D eigenvalue weighted by Gasteiger charge is -2.24. The van der Waals surface area contributed by atoms with Crippen molar-refractivity contribution in [3.63, 3.8) is 0 Å². The molecule has 0 bridgehead atoms. The smallest absolute Gasteiger partial charge is 0.317 e. The monoisotopic (exact) mass is 271 g/mol. The normalized spacial score (nSPS) is 15.1. The molecule has 6 heteroatoms. The average molecular weight is 271 g/mol.